The Bertz CT molecular complexity index is 493. The number of anilines is 1. The number of hydrogen-bond acceptors (Lipinski definition) is 2. The minimum atomic E-state index is -0.937. The zero-order valence-electron chi connectivity index (χ0n) is 11.1. The fourth-order valence-electron chi connectivity index (χ4n) is 2.51. The van der Waals surface area contributed by atoms with Gasteiger partial charge in [0, 0.05) is 12.2 Å². The number of carbonyl (C=O) groups is 2. The van der Waals surface area contributed by atoms with Crippen molar-refractivity contribution in [2.24, 2.45) is 0 Å². The quantitative estimate of drug-likeness (QED) is 0.859. The number of carboxylic acids is 1. The van der Waals surface area contributed by atoms with Gasteiger partial charge in [0.2, 0.25) is 0 Å². The van der Waals surface area contributed by atoms with E-state index in [1.165, 1.54) is 4.90 Å². The summed E-state index contributed by atoms with van der Waals surface area (Å²) in [6.07, 6.45) is 1.26. The van der Waals surface area contributed by atoms with Gasteiger partial charge in [0.1, 0.15) is 6.04 Å². The predicted molar refractivity (Wildman–Crippen MR) is 72.3 cm³/mol. The molecule has 2 N–H and O–H groups in total. The number of amides is 2. The maximum Gasteiger partial charge on any atom is 0.326 e. The molecule has 5 nitrogen and oxygen atoms in total. The van der Waals surface area contributed by atoms with Gasteiger partial charge in [-0.2, -0.15) is 0 Å². The van der Waals surface area contributed by atoms with Gasteiger partial charge in [-0.3, -0.25) is 0 Å². The number of nitrogens with zero attached hydrogens (tertiary/aromatic N) is 1. The highest BCUT2D eigenvalue weighted by Gasteiger charge is 2.33. The monoisotopic (exact) mass is 262 g/mol. The normalized spacial score (nSPS) is 18.4. The summed E-state index contributed by atoms with van der Waals surface area (Å²) in [7, 11) is 0. The first-order chi connectivity index (χ1) is 8.97. The van der Waals surface area contributed by atoms with Crippen LogP contribution in [0.5, 0.6) is 0 Å². The van der Waals surface area contributed by atoms with Crippen LogP contribution >= 0.6 is 0 Å². The molecule has 1 aromatic rings. The van der Waals surface area contributed by atoms with E-state index in [9.17, 15) is 9.59 Å². The van der Waals surface area contributed by atoms with Crippen molar-refractivity contribution < 1.29 is 14.7 Å². The molecular weight excluding hydrogens is 244 g/mol. The zero-order chi connectivity index (χ0) is 14.0. The van der Waals surface area contributed by atoms with Crippen LogP contribution in [-0.4, -0.2) is 34.6 Å². The van der Waals surface area contributed by atoms with Gasteiger partial charge in [0.25, 0.3) is 0 Å². The summed E-state index contributed by atoms with van der Waals surface area (Å²) in [5.41, 5.74) is 2.83. The van der Waals surface area contributed by atoms with Crippen LogP contribution in [0.4, 0.5) is 10.5 Å². The number of carboxylic acid groups (broad SMARTS) is 1. The summed E-state index contributed by atoms with van der Waals surface area (Å²) < 4.78 is 0. The fraction of sp³-hybridized carbons (Fsp3) is 0.429. The Morgan fingerprint density at radius 1 is 1.26 bits per heavy atom. The Kier molecular flexibility index (Phi) is 3.74. The van der Waals surface area contributed by atoms with Gasteiger partial charge in [-0.05, 0) is 49.9 Å². The lowest BCUT2D eigenvalue weighted by Gasteiger charge is -2.22. The molecule has 1 aliphatic rings. The van der Waals surface area contributed by atoms with Crippen LogP contribution in [0.2, 0.25) is 0 Å². The molecule has 1 unspecified atom stereocenters. The van der Waals surface area contributed by atoms with Gasteiger partial charge in [0.15, 0.2) is 0 Å². The molecule has 0 radical (unpaired) electrons. The lowest BCUT2D eigenvalue weighted by Crippen LogP contribution is -2.42. The Morgan fingerprint density at radius 2 is 1.89 bits per heavy atom. The van der Waals surface area contributed by atoms with Crippen LogP contribution in [0.25, 0.3) is 0 Å². The Morgan fingerprint density at radius 3 is 2.47 bits per heavy atom. The molecule has 1 heterocycles. The second-order valence-electron chi connectivity index (χ2n) is 5.00. The number of rotatable bonds is 2. The molecule has 1 atom stereocenters. The van der Waals surface area contributed by atoms with Gasteiger partial charge in [-0.1, -0.05) is 6.07 Å². The van der Waals surface area contributed by atoms with E-state index in [2.05, 4.69) is 5.32 Å². The minimum absolute atomic E-state index is 0.338. The number of urea groups is 1. The third-order valence-corrected chi connectivity index (χ3v) is 3.27. The van der Waals surface area contributed by atoms with Crippen molar-refractivity contribution >= 4 is 17.7 Å². The molecule has 0 spiro atoms. The van der Waals surface area contributed by atoms with Crippen LogP contribution in [0.1, 0.15) is 24.0 Å². The maximum absolute atomic E-state index is 12.1. The van der Waals surface area contributed by atoms with Crippen LogP contribution in [0.3, 0.4) is 0 Å². The van der Waals surface area contributed by atoms with E-state index in [4.69, 9.17) is 5.11 Å². The number of aryl methyl sites for hydroxylation is 2. The standard InChI is InChI=1S/C14H18N2O3/c1-9-6-10(2)8-11(7-9)15-14(19)16-5-3-4-12(16)13(17)18/h6-8,12H,3-5H2,1-2H3,(H,15,19)(H,17,18). The Balaban J connectivity index is 2.10. The van der Waals surface area contributed by atoms with Gasteiger partial charge in [-0.15, -0.1) is 0 Å². The molecule has 2 rings (SSSR count). The van der Waals surface area contributed by atoms with Crippen molar-refractivity contribution in [2.45, 2.75) is 32.7 Å². The summed E-state index contributed by atoms with van der Waals surface area (Å²) in [6, 6.07) is 4.72. The largest absolute Gasteiger partial charge is 0.480 e. The number of benzene rings is 1. The molecule has 1 aromatic carbocycles. The number of hydrogen-bond donors (Lipinski definition) is 2. The molecule has 0 aromatic heterocycles. The highest BCUT2D eigenvalue weighted by Crippen LogP contribution is 2.20. The molecule has 1 fully saturated rings. The van der Waals surface area contributed by atoms with E-state index in [0.717, 1.165) is 17.5 Å². The summed E-state index contributed by atoms with van der Waals surface area (Å²) in [5, 5.41) is 11.8. The molecule has 5 heteroatoms. The van der Waals surface area contributed by atoms with E-state index in [0.29, 0.717) is 18.7 Å². The van der Waals surface area contributed by atoms with Crippen LogP contribution in [-0.2, 0) is 4.79 Å². The van der Waals surface area contributed by atoms with Crippen molar-refractivity contribution in [3.8, 4) is 0 Å². The number of carbonyl (C=O) groups excluding carboxylic acids is 1. The second-order valence-corrected chi connectivity index (χ2v) is 5.00. The van der Waals surface area contributed by atoms with Gasteiger partial charge >= 0.3 is 12.0 Å². The topological polar surface area (TPSA) is 69.6 Å². The highest BCUT2D eigenvalue weighted by molar-refractivity contribution is 5.92. The van der Waals surface area contributed by atoms with E-state index in [1.54, 1.807) is 0 Å². The summed E-state index contributed by atoms with van der Waals surface area (Å²) >= 11 is 0. The summed E-state index contributed by atoms with van der Waals surface area (Å²) in [6.45, 7) is 4.41. The number of likely N-dealkylation sites (tertiary alicyclic amines) is 1. The molecular formula is C14H18N2O3. The molecule has 1 aliphatic heterocycles. The molecule has 102 valence electrons. The predicted octanol–water partition coefficient (Wildman–Crippen LogP) is 2.38. The lowest BCUT2D eigenvalue weighted by atomic mass is 10.1. The van der Waals surface area contributed by atoms with E-state index in [1.807, 2.05) is 32.0 Å². The molecule has 0 saturated carbocycles. The maximum atomic E-state index is 12.1. The van der Waals surface area contributed by atoms with Crippen molar-refractivity contribution in [1.82, 2.24) is 4.90 Å². The van der Waals surface area contributed by atoms with Crippen molar-refractivity contribution in [3.05, 3.63) is 29.3 Å². The zero-order valence-corrected chi connectivity index (χ0v) is 11.1. The summed E-state index contributed by atoms with van der Waals surface area (Å²) in [4.78, 5) is 24.5. The first-order valence-electron chi connectivity index (χ1n) is 6.36. The summed E-state index contributed by atoms with van der Waals surface area (Å²) in [5.74, 6) is -0.937. The van der Waals surface area contributed by atoms with Crippen LogP contribution < -0.4 is 5.32 Å². The Labute approximate surface area is 112 Å². The molecule has 19 heavy (non-hydrogen) atoms. The smallest absolute Gasteiger partial charge is 0.326 e. The average Bonchev–Trinajstić information content (AvgIpc) is 2.75. The number of aliphatic carboxylic acids is 1. The highest BCUT2D eigenvalue weighted by atomic mass is 16.4. The molecule has 0 aliphatic carbocycles. The van der Waals surface area contributed by atoms with E-state index < -0.39 is 12.0 Å². The van der Waals surface area contributed by atoms with Gasteiger partial charge in [0.05, 0.1) is 0 Å². The Hall–Kier alpha value is -2.04. The first-order valence-corrected chi connectivity index (χ1v) is 6.36. The lowest BCUT2D eigenvalue weighted by molar-refractivity contribution is -0.141. The van der Waals surface area contributed by atoms with Gasteiger partial charge in [-0.25, -0.2) is 9.59 Å². The fourth-order valence-corrected chi connectivity index (χ4v) is 2.51. The molecule has 0 bridgehead atoms. The SMILES string of the molecule is Cc1cc(C)cc(NC(=O)N2CCCC2C(=O)O)c1. The second kappa shape index (κ2) is 5.30. The van der Waals surface area contributed by atoms with Crippen LogP contribution in [0, 0.1) is 13.8 Å². The minimum Gasteiger partial charge on any atom is -0.480 e. The average molecular weight is 262 g/mol. The third kappa shape index (κ3) is 3.05. The first kappa shape index (κ1) is 13.4. The van der Waals surface area contributed by atoms with Crippen molar-refractivity contribution in [1.29, 1.82) is 0 Å². The van der Waals surface area contributed by atoms with E-state index >= 15 is 0 Å². The third-order valence-electron chi connectivity index (χ3n) is 3.27. The van der Waals surface area contributed by atoms with E-state index in [-0.39, 0.29) is 6.03 Å². The molecule has 2 amide bonds. The number of nitrogens with one attached hydrogen (secondary N) is 1. The molecule has 1 saturated heterocycles. The van der Waals surface area contributed by atoms with Crippen LogP contribution in [0.15, 0.2) is 18.2 Å². The van der Waals surface area contributed by atoms with Crippen molar-refractivity contribution in [2.75, 3.05) is 11.9 Å². The van der Waals surface area contributed by atoms with Gasteiger partial charge < -0.3 is 15.3 Å². The van der Waals surface area contributed by atoms with Crippen molar-refractivity contribution in [3.63, 3.8) is 0 Å².